The quantitative estimate of drug-likeness (QED) is 0.810. The second-order valence-electron chi connectivity index (χ2n) is 6.07. The lowest BCUT2D eigenvalue weighted by molar-refractivity contribution is 0.229. The Morgan fingerprint density at radius 1 is 1.33 bits per heavy atom. The van der Waals surface area contributed by atoms with Gasteiger partial charge in [-0.2, -0.15) is 0 Å². The van der Waals surface area contributed by atoms with Crippen LogP contribution in [0.25, 0.3) is 0 Å². The highest BCUT2D eigenvalue weighted by Gasteiger charge is 2.24. The Kier molecular flexibility index (Phi) is 5.76. The highest BCUT2D eigenvalue weighted by molar-refractivity contribution is 7.10. The number of hydrogen-bond donors (Lipinski definition) is 2. The van der Waals surface area contributed by atoms with Crippen molar-refractivity contribution in [2.45, 2.75) is 25.8 Å². The number of likely N-dealkylation sites (tertiary alicyclic amines) is 1. The molecule has 0 radical (unpaired) electrons. The molecule has 1 aromatic carbocycles. The lowest BCUT2D eigenvalue weighted by Crippen LogP contribution is -2.38. The van der Waals surface area contributed by atoms with E-state index in [-0.39, 0.29) is 12.1 Å². The molecule has 6 heteroatoms. The van der Waals surface area contributed by atoms with Gasteiger partial charge >= 0.3 is 6.03 Å². The third-order valence-electron chi connectivity index (χ3n) is 4.36. The molecule has 0 bridgehead atoms. The molecule has 1 aromatic heterocycles. The summed E-state index contributed by atoms with van der Waals surface area (Å²) in [6.07, 6.45) is 2.46. The van der Waals surface area contributed by atoms with Gasteiger partial charge in [0.15, 0.2) is 0 Å². The maximum atomic E-state index is 12.3. The van der Waals surface area contributed by atoms with Crippen molar-refractivity contribution in [1.82, 2.24) is 10.2 Å². The minimum atomic E-state index is -0.193. The number of aryl methyl sites for hydroxylation is 1. The monoisotopic (exact) mass is 363 g/mol. The van der Waals surface area contributed by atoms with Crippen LogP contribution in [-0.2, 0) is 0 Å². The number of nitrogens with one attached hydrogen (secondary N) is 2. The molecule has 1 unspecified atom stereocenters. The molecule has 1 aliphatic rings. The van der Waals surface area contributed by atoms with Gasteiger partial charge in [0.25, 0.3) is 0 Å². The van der Waals surface area contributed by atoms with Crippen LogP contribution in [0, 0.1) is 6.92 Å². The van der Waals surface area contributed by atoms with Crippen molar-refractivity contribution in [2.24, 2.45) is 0 Å². The number of nitrogens with zero attached hydrogens (tertiary/aromatic N) is 1. The maximum absolute atomic E-state index is 12.3. The predicted molar refractivity (Wildman–Crippen MR) is 101 cm³/mol. The van der Waals surface area contributed by atoms with E-state index in [0.29, 0.717) is 11.6 Å². The Morgan fingerprint density at radius 2 is 2.12 bits per heavy atom. The molecule has 1 atom stereocenters. The molecule has 3 rings (SSSR count). The van der Waals surface area contributed by atoms with Crippen LogP contribution < -0.4 is 10.6 Å². The van der Waals surface area contributed by atoms with Gasteiger partial charge in [0.1, 0.15) is 0 Å². The summed E-state index contributed by atoms with van der Waals surface area (Å²) in [6, 6.07) is 9.76. The number of hydrogen-bond acceptors (Lipinski definition) is 3. The van der Waals surface area contributed by atoms with Gasteiger partial charge in [0.05, 0.1) is 6.04 Å². The highest BCUT2D eigenvalue weighted by atomic mass is 35.5. The smallest absolute Gasteiger partial charge is 0.319 e. The van der Waals surface area contributed by atoms with Crippen molar-refractivity contribution in [2.75, 3.05) is 25.0 Å². The number of carbonyl (C=O) groups excluding carboxylic acids is 1. The molecule has 2 aromatic rings. The minimum Gasteiger partial charge on any atom is -0.336 e. The molecule has 0 spiro atoms. The third kappa shape index (κ3) is 4.29. The standard InChI is InChI=1S/C18H22ClN3OS/c1-13-6-7-14(19)11-15(13)21-18(23)20-12-16(17-5-4-10-24-17)22-8-2-3-9-22/h4-7,10-11,16H,2-3,8-9,12H2,1H3,(H2,20,21,23). The molecule has 2 amide bonds. The lowest BCUT2D eigenvalue weighted by atomic mass is 10.2. The molecule has 4 nitrogen and oxygen atoms in total. The van der Waals surface area contributed by atoms with E-state index < -0.39 is 0 Å². The van der Waals surface area contributed by atoms with E-state index in [1.807, 2.05) is 19.1 Å². The van der Waals surface area contributed by atoms with Gasteiger partial charge in [-0.3, -0.25) is 4.90 Å². The van der Waals surface area contributed by atoms with E-state index in [9.17, 15) is 4.79 Å². The number of halogens is 1. The Hall–Kier alpha value is -1.56. The minimum absolute atomic E-state index is 0.193. The van der Waals surface area contributed by atoms with E-state index in [1.165, 1.54) is 17.7 Å². The number of anilines is 1. The third-order valence-corrected chi connectivity index (χ3v) is 5.57. The second-order valence-corrected chi connectivity index (χ2v) is 7.48. The molecule has 1 fully saturated rings. The summed E-state index contributed by atoms with van der Waals surface area (Å²) < 4.78 is 0. The number of rotatable bonds is 5. The number of amides is 2. The number of benzene rings is 1. The summed E-state index contributed by atoms with van der Waals surface area (Å²) in [5.74, 6) is 0. The van der Waals surface area contributed by atoms with Crippen molar-refractivity contribution in [3.63, 3.8) is 0 Å². The zero-order chi connectivity index (χ0) is 16.9. The summed E-state index contributed by atoms with van der Waals surface area (Å²) >= 11 is 7.75. The first-order valence-electron chi connectivity index (χ1n) is 8.22. The molecule has 24 heavy (non-hydrogen) atoms. The van der Waals surface area contributed by atoms with Crippen LogP contribution in [0.2, 0.25) is 5.02 Å². The molecular weight excluding hydrogens is 342 g/mol. The first kappa shape index (κ1) is 17.3. The van der Waals surface area contributed by atoms with Crippen molar-refractivity contribution in [1.29, 1.82) is 0 Å². The molecule has 0 aliphatic carbocycles. The Labute approximate surface area is 151 Å². The van der Waals surface area contributed by atoms with Crippen molar-refractivity contribution in [3.8, 4) is 0 Å². The highest BCUT2D eigenvalue weighted by Crippen LogP contribution is 2.28. The van der Waals surface area contributed by atoms with Gasteiger partial charge in [0, 0.05) is 22.1 Å². The van der Waals surface area contributed by atoms with Gasteiger partial charge in [-0.1, -0.05) is 23.7 Å². The van der Waals surface area contributed by atoms with Gasteiger partial charge in [-0.05, 0) is 62.0 Å². The average Bonchev–Trinajstić information content (AvgIpc) is 3.25. The first-order valence-corrected chi connectivity index (χ1v) is 9.48. The lowest BCUT2D eigenvalue weighted by Gasteiger charge is -2.27. The van der Waals surface area contributed by atoms with Crippen LogP contribution >= 0.6 is 22.9 Å². The Morgan fingerprint density at radius 3 is 2.83 bits per heavy atom. The van der Waals surface area contributed by atoms with Gasteiger partial charge in [0.2, 0.25) is 0 Å². The first-order chi connectivity index (χ1) is 11.6. The van der Waals surface area contributed by atoms with Crippen molar-refractivity contribution >= 4 is 34.7 Å². The fraction of sp³-hybridized carbons (Fsp3) is 0.389. The zero-order valence-electron chi connectivity index (χ0n) is 13.7. The van der Waals surface area contributed by atoms with Crippen molar-refractivity contribution < 1.29 is 4.79 Å². The van der Waals surface area contributed by atoms with Crippen LogP contribution in [-0.4, -0.2) is 30.6 Å². The summed E-state index contributed by atoms with van der Waals surface area (Å²) in [5.41, 5.74) is 1.73. The van der Waals surface area contributed by atoms with Gasteiger partial charge in [-0.15, -0.1) is 11.3 Å². The number of thiophene rings is 1. The van der Waals surface area contributed by atoms with Gasteiger partial charge < -0.3 is 10.6 Å². The van der Waals surface area contributed by atoms with E-state index in [4.69, 9.17) is 11.6 Å². The van der Waals surface area contributed by atoms with Crippen LogP contribution in [0.15, 0.2) is 35.7 Å². The summed E-state index contributed by atoms with van der Waals surface area (Å²) in [6.45, 7) is 4.75. The average molecular weight is 364 g/mol. The normalized spacial score (nSPS) is 16.1. The van der Waals surface area contributed by atoms with E-state index >= 15 is 0 Å². The van der Waals surface area contributed by atoms with Crippen LogP contribution in [0.3, 0.4) is 0 Å². The van der Waals surface area contributed by atoms with Crippen LogP contribution in [0.1, 0.15) is 29.3 Å². The molecule has 2 N–H and O–H groups in total. The summed E-state index contributed by atoms with van der Waals surface area (Å²) in [7, 11) is 0. The summed E-state index contributed by atoms with van der Waals surface area (Å²) in [4.78, 5) is 16.0. The molecule has 1 saturated heterocycles. The van der Waals surface area contributed by atoms with Crippen LogP contribution in [0.5, 0.6) is 0 Å². The number of urea groups is 1. The van der Waals surface area contributed by atoms with E-state index in [2.05, 4.69) is 33.0 Å². The van der Waals surface area contributed by atoms with E-state index in [1.54, 1.807) is 17.4 Å². The topological polar surface area (TPSA) is 44.4 Å². The molecule has 128 valence electrons. The maximum Gasteiger partial charge on any atom is 0.319 e. The van der Waals surface area contributed by atoms with Gasteiger partial charge in [-0.25, -0.2) is 4.79 Å². The fourth-order valence-electron chi connectivity index (χ4n) is 3.03. The molecule has 1 aliphatic heterocycles. The molecular formula is C18H22ClN3OS. The zero-order valence-corrected chi connectivity index (χ0v) is 15.3. The Balaban J connectivity index is 1.61. The second kappa shape index (κ2) is 8.01. The van der Waals surface area contributed by atoms with E-state index in [0.717, 1.165) is 24.3 Å². The predicted octanol–water partition coefficient (Wildman–Crippen LogP) is 4.67. The van der Waals surface area contributed by atoms with Crippen LogP contribution in [0.4, 0.5) is 10.5 Å². The SMILES string of the molecule is Cc1ccc(Cl)cc1NC(=O)NCC(c1cccs1)N1CCCC1. The molecule has 0 saturated carbocycles. The summed E-state index contributed by atoms with van der Waals surface area (Å²) in [5, 5.41) is 8.61. The largest absolute Gasteiger partial charge is 0.336 e. The van der Waals surface area contributed by atoms with Crippen molar-refractivity contribution in [3.05, 3.63) is 51.2 Å². The number of carbonyl (C=O) groups is 1. The fourth-order valence-corrected chi connectivity index (χ4v) is 4.06. The molecule has 2 heterocycles. The Bertz CT molecular complexity index is 684.